The van der Waals surface area contributed by atoms with Crippen LogP contribution in [0.15, 0.2) is 23.2 Å². The summed E-state index contributed by atoms with van der Waals surface area (Å²) in [5.74, 6) is 0.282. The van der Waals surface area contributed by atoms with Crippen LogP contribution in [0.3, 0.4) is 0 Å². The normalized spacial score (nSPS) is 10.9. The number of aliphatic imine (C=N–C) groups is 1. The fourth-order valence-electron chi connectivity index (χ4n) is 1.48. The lowest BCUT2D eigenvalue weighted by Gasteiger charge is -2.12. The van der Waals surface area contributed by atoms with E-state index in [1.165, 1.54) is 6.07 Å². The number of nitrogens with zero attached hydrogens (tertiary/aromatic N) is 1. The lowest BCUT2D eigenvalue weighted by Crippen LogP contribution is -2.37. The van der Waals surface area contributed by atoms with Gasteiger partial charge in [0.25, 0.3) is 0 Å². The van der Waals surface area contributed by atoms with Crippen molar-refractivity contribution in [3.63, 3.8) is 0 Å². The number of nitrogens with one attached hydrogen (secondary N) is 2. The van der Waals surface area contributed by atoms with Crippen LogP contribution in [0.5, 0.6) is 0 Å². The minimum Gasteiger partial charge on any atom is -0.385 e. The maximum atomic E-state index is 13.0. The van der Waals surface area contributed by atoms with Crippen LogP contribution in [0.2, 0.25) is 5.02 Å². The van der Waals surface area contributed by atoms with E-state index in [-0.39, 0.29) is 29.0 Å². The SMILES string of the molecule is CN=C(NCCCOC)NCc1ccc(F)c(Cl)c1.I. The summed E-state index contributed by atoms with van der Waals surface area (Å²) >= 11 is 5.72. The minimum absolute atomic E-state index is 0. The summed E-state index contributed by atoms with van der Waals surface area (Å²) < 4.78 is 18.0. The van der Waals surface area contributed by atoms with Gasteiger partial charge in [0, 0.05) is 33.9 Å². The van der Waals surface area contributed by atoms with Crippen molar-refractivity contribution in [3.8, 4) is 0 Å². The number of guanidine groups is 1. The molecule has 0 amide bonds. The van der Waals surface area contributed by atoms with Gasteiger partial charge in [0.2, 0.25) is 0 Å². The van der Waals surface area contributed by atoms with Crippen LogP contribution in [0, 0.1) is 5.82 Å². The van der Waals surface area contributed by atoms with Gasteiger partial charge in [-0.3, -0.25) is 4.99 Å². The Bertz CT molecular complexity index is 432. The number of halogens is 3. The number of methoxy groups -OCH3 is 1. The van der Waals surface area contributed by atoms with E-state index >= 15 is 0 Å². The Hall–Kier alpha value is -0.600. The first-order valence-electron chi connectivity index (χ1n) is 6.04. The van der Waals surface area contributed by atoms with Crippen LogP contribution in [-0.2, 0) is 11.3 Å². The highest BCUT2D eigenvalue weighted by atomic mass is 127. The maximum absolute atomic E-state index is 13.0. The smallest absolute Gasteiger partial charge is 0.191 e. The molecule has 0 heterocycles. The molecule has 0 atom stereocenters. The van der Waals surface area contributed by atoms with E-state index in [1.807, 2.05) is 0 Å². The van der Waals surface area contributed by atoms with Gasteiger partial charge in [-0.2, -0.15) is 0 Å². The zero-order chi connectivity index (χ0) is 14.1. The van der Waals surface area contributed by atoms with Crippen molar-refractivity contribution >= 4 is 41.5 Å². The molecule has 0 spiro atoms. The number of ether oxygens (including phenoxy) is 1. The first-order chi connectivity index (χ1) is 9.17. The quantitative estimate of drug-likeness (QED) is 0.325. The molecule has 0 unspecified atom stereocenters. The second kappa shape index (κ2) is 11.1. The average molecular weight is 416 g/mol. The fourth-order valence-corrected chi connectivity index (χ4v) is 1.68. The molecule has 1 aromatic carbocycles. The summed E-state index contributed by atoms with van der Waals surface area (Å²) in [6.45, 7) is 2.01. The third kappa shape index (κ3) is 7.25. The Morgan fingerprint density at radius 1 is 1.40 bits per heavy atom. The largest absolute Gasteiger partial charge is 0.385 e. The third-order valence-electron chi connectivity index (χ3n) is 2.49. The molecule has 20 heavy (non-hydrogen) atoms. The Morgan fingerprint density at radius 3 is 2.75 bits per heavy atom. The maximum Gasteiger partial charge on any atom is 0.191 e. The average Bonchev–Trinajstić information content (AvgIpc) is 2.42. The highest BCUT2D eigenvalue weighted by Crippen LogP contribution is 2.15. The van der Waals surface area contributed by atoms with Gasteiger partial charge in [-0.15, -0.1) is 24.0 Å². The molecule has 1 rings (SSSR count). The van der Waals surface area contributed by atoms with Crippen molar-refractivity contribution in [2.45, 2.75) is 13.0 Å². The number of hydrogen-bond donors (Lipinski definition) is 2. The minimum atomic E-state index is -0.410. The molecule has 0 saturated heterocycles. The van der Waals surface area contributed by atoms with Gasteiger partial charge in [-0.1, -0.05) is 17.7 Å². The van der Waals surface area contributed by atoms with Crippen LogP contribution in [0.1, 0.15) is 12.0 Å². The molecule has 4 nitrogen and oxygen atoms in total. The van der Waals surface area contributed by atoms with Crippen molar-refractivity contribution in [2.75, 3.05) is 27.3 Å². The zero-order valence-electron chi connectivity index (χ0n) is 11.6. The second-order valence-electron chi connectivity index (χ2n) is 3.95. The molecule has 0 aliphatic heterocycles. The molecule has 1 aromatic rings. The van der Waals surface area contributed by atoms with Crippen molar-refractivity contribution in [2.24, 2.45) is 4.99 Å². The monoisotopic (exact) mass is 415 g/mol. The van der Waals surface area contributed by atoms with E-state index in [4.69, 9.17) is 16.3 Å². The Kier molecular flexibility index (Phi) is 10.8. The van der Waals surface area contributed by atoms with Crippen molar-refractivity contribution in [1.29, 1.82) is 0 Å². The summed E-state index contributed by atoms with van der Waals surface area (Å²) in [6.07, 6.45) is 0.902. The first kappa shape index (κ1) is 19.4. The summed E-state index contributed by atoms with van der Waals surface area (Å²) in [4.78, 5) is 4.09. The van der Waals surface area contributed by atoms with Crippen molar-refractivity contribution in [1.82, 2.24) is 10.6 Å². The van der Waals surface area contributed by atoms with Gasteiger partial charge in [-0.25, -0.2) is 4.39 Å². The van der Waals surface area contributed by atoms with Crippen LogP contribution in [-0.4, -0.2) is 33.3 Å². The molecular weight excluding hydrogens is 396 g/mol. The van der Waals surface area contributed by atoms with Gasteiger partial charge in [0.1, 0.15) is 5.82 Å². The van der Waals surface area contributed by atoms with Gasteiger partial charge in [0.15, 0.2) is 5.96 Å². The molecule has 7 heteroatoms. The number of hydrogen-bond acceptors (Lipinski definition) is 2. The van der Waals surface area contributed by atoms with Gasteiger partial charge >= 0.3 is 0 Å². The van der Waals surface area contributed by atoms with Gasteiger partial charge in [0.05, 0.1) is 5.02 Å². The predicted molar refractivity (Wildman–Crippen MR) is 91.5 cm³/mol. The standard InChI is InChI=1S/C13H19ClFN3O.HI/c1-16-13(17-6-3-7-19-2)18-9-10-4-5-12(15)11(14)8-10;/h4-5,8H,3,6-7,9H2,1-2H3,(H2,16,17,18);1H. The molecule has 0 aromatic heterocycles. The summed E-state index contributed by atoms with van der Waals surface area (Å²) in [7, 11) is 3.37. The van der Waals surface area contributed by atoms with E-state index in [0.717, 1.165) is 18.5 Å². The lowest BCUT2D eigenvalue weighted by molar-refractivity contribution is 0.195. The molecule has 0 fully saturated rings. The predicted octanol–water partition coefficient (Wildman–Crippen LogP) is 2.80. The summed E-state index contributed by atoms with van der Waals surface area (Å²) in [5, 5.41) is 6.41. The van der Waals surface area contributed by atoms with Crippen LogP contribution < -0.4 is 10.6 Å². The Labute approximate surface area is 141 Å². The van der Waals surface area contributed by atoms with E-state index in [2.05, 4.69) is 15.6 Å². The second-order valence-corrected chi connectivity index (χ2v) is 4.35. The Balaban J connectivity index is 0.00000361. The zero-order valence-corrected chi connectivity index (χ0v) is 14.7. The van der Waals surface area contributed by atoms with Crippen LogP contribution >= 0.6 is 35.6 Å². The van der Waals surface area contributed by atoms with Crippen molar-refractivity contribution in [3.05, 3.63) is 34.6 Å². The van der Waals surface area contributed by atoms with Gasteiger partial charge in [-0.05, 0) is 24.1 Å². The molecule has 0 aliphatic rings. The third-order valence-corrected chi connectivity index (χ3v) is 2.77. The van der Waals surface area contributed by atoms with Gasteiger partial charge < -0.3 is 15.4 Å². The summed E-state index contributed by atoms with van der Waals surface area (Å²) in [6, 6.07) is 4.64. The van der Waals surface area contributed by atoms with E-state index in [9.17, 15) is 4.39 Å². The number of benzene rings is 1. The molecule has 2 N–H and O–H groups in total. The van der Waals surface area contributed by atoms with E-state index in [1.54, 1.807) is 26.3 Å². The topological polar surface area (TPSA) is 45.7 Å². The molecule has 114 valence electrons. The first-order valence-corrected chi connectivity index (χ1v) is 6.42. The van der Waals surface area contributed by atoms with Crippen LogP contribution in [0.4, 0.5) is 4.39 Å². The lowest BCUT2D eigenvalue weighted by atomic mass is 10.2. The Morgan fingerprint density at radius 2 is 2.15 bits per heavy atom. The van der Waals surface area contributed by atoms with E-state index in [0.29, 0.717) is 19.1 Å². The van der Waals surface area contributed by atoms with E-state index < -0.39 is 5.82 Å². The molecule has 0 aliphatic carbocycles. The molecular formula is C13H20ClFIN3O. The van der Waals surface area contributed by atoms with Crippen molar-refractivity contribution < 1.29 is 9.13 Å². The number of rotatable bonds is 6. The van der Waals surface area contributed by atoms with Crippen LogP contribution in [0.25, 0.3) is 0 Å². The highest BCUT2D eigenvalue weighted by molar-refractivity contribution is 14.0. The molecule has 0 bridgehead atoms. The molecule has 0 saturated carbocycles. The highest BCUT2D eigenvalue weighted by Gasteiger charge is 2.02. The summed E-state index contributed by atoms with van der Waals surface area (Å²) in [5.41, 5.74) is 0.895. The molecule has 0 radical (unpaired) electrons. The fraction of sp³-hybridized carbons (Fsp3) is 0.462.